The van der Waals surface area contributed by atoms with E-state index in [0.717, 1.165) is 0 Å². The van der Waals surface area contributed by atoms with E-state index in [1.54, 1.807) is 0 Å². The zero-order chi connectivity index (χ0) is 28.7. The van der Waals surface area contributed by atoms with Gasteiger partial charge in [0.1, 0.15) is 16.0 Å². The second kappa shape index (κ2) is 13.5. The van der Waals surface area contributed by atoms with Crippen molar-refractivity contribution in [3.8, 4) is 0 Å². The van der Waals surface area contributed by atoms with Gasteiger partial charge in [-0.05, 0) is 0 Å². The molecule has 0 aliphatic rings. The van der Waals surface area contributed by atoms with Crippen LogP contribution in [0.5, 0.6) is 0 Å². The maximum atomic E-state index is 11.1. The highest BCUT2D eigenvalue weighted by atomic mass is 35.6. The van der Waals surface area contributed by atoms with Gasteiger partial charge < -0.3 is 14.8 Å². The van der Waals surface area contributed by atoms with Crippen molar-refractivity contribution in [2.75, 3.05) is 0 Å². The lowest BCUT2D eigenvalue weighted by Gasteiger charge is -2.57. The van der Waals surface area contributed by atoms with Crippen molar-refractivity contribution in [3.63, 3.8) is 0 Å². The molecule has 0 aromatic rings. The predicted molar refractivity (Wildman–Crippen MR) is 149 cm³/mol. The van der Waals surface area contributed by atoms with Crippen molar-refractivity contribution in [1.29, 1.82) is 0 Å². The van der Waals surface area contributed by atoms with Crippen LogP contribution in [0.15, 0.2) is 9.52 Å². The van der Waals surface area contributed by atoms with Crippen LogP contribution in [0, 0.1) is 0 Å². The zero-order valence-corrected chi connectivity index (χ0v) is 28.7. The standard InChI is InChI=1S/C10H2Cl18O2.FHO2S/c11-1(2(12)13)3(14,29)5(16,17)4(15,9(23,24)25)8(22,30)6(18,19)7(20,21)10(26,27)28;1-4(2)3/h29-30H;(H,2,3)/p-1. The van der Waals surface area contributed by atoms with Gasteiger partial charge in [0.25, 0.3) is 0 Å². The molecule has 0 aromatic heterocycles. The van der Waals surface area contributed by atoms with E-state index in [4.69, 9.17) is 218 Å². The lowest BCUT2D eigenvalue weighted by molar-refractivity contribution is 0.0227. The van der Waals surface area contributed by atoms with E-state index in [-0.39, 0.29) is 0 Å². The fourth-order valence-electron chi connectivity index (χ4n) is 1.67. The number of hydrogen-bond donors (Lipinski definition) is 2. The van der Waals surface area contributed by atoms with Gasteiger partial charge in [0.05, 0.1) is 5.03 Å². The monoisotopic (exact) mass is 866 g/mol. The van der Waals surface area contributed by atoms with E-state index in [1.165, 1.54) is 0 Å². The number of alkyl halides is 15. The molecule has 0 aliphatic heterocycles. The van der Waals surface area contributed by atoms with Crippen molar-refractivity contribution < 1.29 is 22.9 Å². The van der Waals surface area contributed by atoms with Crippen molar-refractivity contribution in [2.45, 2.75) is 35.6 Å². The highest BCUT2D eigenvalue weighted by Gasteiger charge is 2.84. The third kappa shape index (κ3) is 7.85. The second-order valence-electron chi connectivity index (χ2n) is 5.39. The first kappa shape index (κ1) is 41.1. The summed E-state index contributed by atoms with van der Waals surface area (Å²) in [4.78, 5) is -3.52. The summed E-state index contributed by atoms with van der Waals surface area (Å²) in [7, 11) is 0. The van der Waals surface area contributed by atoms with Gasteiger partial charge in [-0.3, -0.25) is 0 Å². The van der Waals surface area contributed by atoms with E-state index >= 15 is 0 Å². The van der Waals surface area contributed by atoms with E-state index in [2.05, 4.69) is 0 Å². The molecule has 0 aliphatic carbocycles. The van der Waals surface area contributed by atoms with Crippen LogP contribution in [0.1, 0.15) is 0 Å². The Morgan fingerprint density at radius 3 is 1.15 bits per heavy atom. The van der Waals surface area contributed by atoms with E-state index in [1.807, 2.05) is 0 Å². The molecule has 34 heavy (non-hydrogen) atoms. The Morgan fingerprint density at radius 2 is 0.941 bits per heavy atom. The fraction of sp³-hybridized carbons (Fsp3) is 0.800. The van der Waals surface area contributed by atoms with Crippen molar-refractivity contribution in [2.24, 2.45) is 0 Å². The molecule has 206 valence electrons. The quantitative estimate of drug-likeness (QED) is 0.158. The summed E-state index contributed by atoms with van der Waals surface area (Å²) < 4.78 is 10.0. The Hall–Kier alpha value is 4.92. The molecule has 0 heterocycles. The lowest BCUT2D eigenvalue weighted by Crippen LogP contribution is -2.77. The molecule has 4 atom stereocenters. The maximum absolute atomic E-state index is 11.1. The van der Waals surface area contributed by atoms with Crippen molar-refractivity contribution in [3.05, 3.63) is 9.52 Å². The van der Waals surface area contributed by atoms with Crippen LogP contribution in [0.3, 0.4) is 0 Å². The minimum Gasteiger partial charge on any atom is -0.746 e. The Balaban J connectivity index is 0. The first-order valence-corrected chi connectivity index (χ1v) is 14.4. The average Bonchev–Trinajstić information content (AvgIpc) is 2.56. The summed E-state index contributed by atoms with van der Waals surface area (Å²) >= 11 is 102. The third-order valence-corrected chi connectivity index (χ3v) is 13.3. The Kier molecular flexibility index (Phi) is 16.3. The lowest BCUT2D eigenvalue weighted by atomic mass is 9.89. The molecule has 0 saturated carbocycles. The van der Waals surface area contributed by atoms with Gasteiger partial charge in [-0.2, -0.15) is 0 Å². The minimum atomic E-state index is -3.73. The molecule has 0 fully saturated rings. The molecule has 2 N–H and O–H groups in total. The molecule has 0 amide bonds. The molecular formula is C10H2Cl18FO4S-. The summed E-state index contributed by atoms with van der Waals surface area (Å²) in [6.45, 7) is 0. The van der Waals surface area contributed by atoms with Gasteiger partial charge in [-0.1, -0.05) is 197 Å². The van der Waals surface area contributed by atoms with Crippen LogP contribution < -0.4 is 0 Å². The third-order valence-electron chi connectivity index (χ3n) is 3.32. The van der Waals surface area contributed by atoms with Crippen molar-refractivity contribution in [1.82, 2.24) is 0 Å². The van der Waals surface area contributed by atoms with Crippen LogP contribution in [-0.2, 0) is 11.5 Å². The van der Waals surface area contributed by atoms with E-state index < -0.39 is 56.6 Å². The molecule has 0 bridgehead atoms. The number of hydrogen-bond acceptors (Lipinski definition) is 4. The number of halogens is 19. The first-order chi connectivity index (χ1) is 14.3. The highest BCUT2D eigenvalue weighted by Crippen LogP contribution is 2.72. The molecule has 0 rings (SSSR count). The van der Waals surface area contributed by atoms with Crippen LogP contribution in [0.2, 0.25) is 0 Å². The first-order valence-electron chi connectivity index (χ1n) is 6.59. The smallest absolute Gasteiger partial charge is 0.226 e. The van der Waals surface area contributed by atoms with E-state index in [0.29, 0.717) is 0 Å². The van der Waals surface area contributed by atoms with Crippen molar-refractivity contribution >= 4 is 220 Å². The van der Waals surface area contributed by atoms with Gasteiger partial charge in [-0.25, -0.2) is 4.21 Å². The number of aliphatic hydroxyl groups is 2. The molecule has 0 aromatic carbocycles. The largest absolute Gasteiger partial charge is 0.746 e. The molecule has 4 unspecified atom stereocenters. The normalized spacial score (nSPS) is 20.2. The van der Waals surface area contributed by atoms with Gasteiger partial charge in [0, 0.05) is 0 Å². The Morgan fingerprint density at radius 1 is 0.647 bits per heavy atom. The summed E-state index contributed by atoms with van der Waals surface area (Å²) in [5, 5.41) is 13.6. The summed E-state index contributed by atoms with van der Waals surface area (Å²) in [5.74, 6) is 0. The molecule has 24 heteroatoms. The molecule has 0 saturated heterocycles. The highest BCUT2D eigenvalue weighted by molar-refractivity contribution is 7.73. The van der Waals surface area contributed by atoms with E-state index in [9.17, 15) is 14.1 Å². The molecule has 0 radical (unpaired) electrons. The Bertz CT molecular complexity index is 781. The summed E-state index contributed by atoms with van der Waals surface area (Å²) in [6, 6.07) is 0. The summed E-state index contributed by atoms with van der Waals surface area (Å²) in [6.07, 6.45) is 0. The molecule has 4 nitrogen and oxygen atoms in total. The van der Waals surface area contributed by atoms with Crippen LogP contribution >= 0.6 is 209 Å². The molecular weight excluding hydrogens is 873 g/mol. The SMILES string of the molecule is O=S([O-])F.OC(Cl)(C(Cl)=C(Cl)Cl)C(Cl)(Cl)C(Cl)(C(Cl)(Cl)Cl)C(O)(Cl)C(Cl)(Cl)C(Cl)(Cl)C(Cl)(Cl)Cl. The zero-order valence-electron chi connectivity index (χ0n) is 14.3. The fourth-order valence-corrected chi connectivity index (χ4v) is 7.13. The van der Waals surface area contributed by atoms with Gasteiger partial charge >= 0.3 is 0 Å². The second-order valence-corrected chi connectivity index (χ2v) is 17.3. The Labute approximate surface area is 284 Å². The minimum absolute atomic E-state index is 0.880. The average molecular weight is 875 g/mol. The van der Waals surface area contributed by atoms with Gasteiger partial charge in [0.2, 0.25) is 22.0 Å². The molecule has 0 spiro atoms. The number of rotatable bonds is 6. The van der Waals surface area contributed by atoms with Gasteiger partial charge in [0.15, 0.2) is 13.5 Å². The van der Waals surface area contributed by atoms with Crippen LogP contribution in [0.4, 0.5) is 3.89 Å². The van der Waals surface area contributed by atoms with Gasteiger partial charge in [-0.15, -0.1) is 15.5 Å². The topological polar surface area (TPSA) is 80.6 Å². The van der Waals surface area contributed by atoms with Crippen LogP contribution in [-0.4, -0.2) is 54.6 Å². The van der Waals surface area contributed by atoms with Crippen LogP contribution in [0.25, 0.3) is 0 Å². The summed E-state index contributed by atoms with van der Waals surface area (Å²) in [5.41, 5.74) is 0. The predicted octanol–water partition coefficient (Wildman–Crippen LogP) is 9.72. The maximum Gasteiger partial charge on any atom is 0.226 e.